The van der Waals surface area contributed by atoms with E-state index in [9.17, 15) is 0 Å². The van der Waals surface area contributed by atoms with Gasteiger partial charge in [-0.25, -0.2) is 4.98 Å². The fourth-order valence-electron chi connectivity index (χ4n) is 1.74. The summed E-state index contributed by atoms with van der Waals surface area (Å²) in [6.45, 7) is 2.93. The van der Waals surface area contributed by atoms with Crippen molar-refractivity contribution in [1.29, 1.82) is 0 Å². The van der Waals surface area contributed by atoms with E-state index in [-0.39, 0.29) is 12.1 Å². The minimum atomic E-state index is 0.217. The van der Waals surface area contributed by atoms with E-state index in [2.05, 4.69) is 22.2 Å². The van der Waals surface area contributed by atoms with Crippen LogP contribution in [0.15, 0.2) is 12.3 Å². The van der Waals surface area contributed by atoms with E-state index in [0.29, 0.717) is 11.8 Å². The first-order valence-electron chi connectivity index (χ1n) is 5.22. The van der Waals surface area contributed by atoms with Crippen LogP contribution in [-0.4, -0.2) is 28.7 Å². The molecule has 1 aromatic rings. The molecule has 0 spiro atoms. The van der Waals surface area contributed by atoms with E-state index in [1.54, 1.807) is 12.3 Å². The zero-order chi connectivity index (χ0) is 10.7. The number of hydrogen-bond donors (Lipinski definition) is 2. The van der Waals surface area contributed by atoms with Gasteiger partial charge in [0.2, 0.25) is 5.95 Å². The molecule has 2 rings (SSSR count). The predicted octanol–water partition coefficient (Wildman–Crippen LogP) is 1.04. The lowest BCUT2D eigenvalue weighted by Crippen LogP contribution is -2.30. The van der Waals surface area contributed by atoms with Gasteiger partial charge in [0, 0.05) is 12.8 Å². The van der Waals surface area contributed by atoms with Crippen LogP contribution in [-0.2, 0) is 4.74 Å². The first-order chi connectivity index (χ1) is 7.25. The Kier molecular flexibility index (Phi) is 3.01. The number of nitrogens with zero attached hydrogens (tertiary/aromatic N) is 2. The van der Waals surface area contributed by atoms with Crippen molar-refractivity contribution in [2.75, 3.05) is 17.7 Å². The summed E-state index contributed by atoms with van der Waals surface area (Å²) >= 11 is 0. The minimum Gasteiger partial charge on any atom is -0.384 e. The lowest BCUT2D eigenvalue weighted by Gasteiger charge is -2.19. The summed E-state index contributed by atoms with van der Waals surface area (Å²) < 4.78 is 5.57. The van der Waals surface area contributed by atoms with Gasteiger partial charge in [-0.3, -0.25) is 0 Å². The summed E-state index contributed by atoms with van der Waals surface area (Å²) in [5.41, 5.74) is 5.57. The second kappa shape index (κ2) is 4.44. The molecule has 1 aromatic heterocycles. The van der Waals surface area contributed by atoms with Crippen LogP contribution in [0.2, 0.25) is 0 Å². The molecule has 3 N–H and O–H groups in total. The molecular weight excluding hydrogens is 192 g/mol. The van der Waals surface area contributed by atoms with E-state index >= 15 is 0 Å². The van der Waals surface area contributed by atoms with E-state index in [4.69, 9.17) is 10.5 Å². The van der Waals surface area contributed by atoms with Crippen LogP contribution in [0.25, 0.3) is 0 Å². The van der Waals surface area contributed by atoms with Crippen LogP contribution < -0.4 is 11.1 Å². The van der Waals surface area contributed by atoms with Crippen LogP contribution >= 0.6 is 0 Å². The normalized spacial score (nSPS) is 22.6. The monoisotopic (exact) mass is 208 g/mol. The van der Waals surface area contributed by atoms with Crippen LogP contribution in [0.5, 0.6) is 0 Å². The Bertz CT molecular complexity index is 325. The summed E-state index contributed by atoms with van der Waals surface area (Å²) in [5.74, 6) is 1.05. The molecule has 0 aromatic carbocycles. The number of rotatable bonds is 3. The number of nitrogens with one attached hydrogen (secondary N) is 1. The fourth-order valence-corrected chi connectivity index (χ4v) is 1.74. The van der Waals surface area contributed by atoms with Gasteiger partial charge in [-0.1, -0.05) is 0 Å². The van der Waals surface area contributed by atoms with Gasteiger partial charge in [0.15, 0.2) is 0 Å². The van der Waals surface area contributed by atoms with Crippen molar-refractivity contribution in [3.8, 4) is 0 Å². The number of anilines is 2. The average Bonchev–Trinajstić information content (AvgIpc) is 2.70. The maximum absolute atomic E-state index is 5.57. The smallest absolute Gasteiger partial charge is 0.224 e. The van der Waals surface area contributed by atoms with Gasteiger partial charge in [0.1, 0.15) is 5.82 Å². The standard InChI is InChI=1S/C10H16N4O/c1-7(8-3-2-6-15-8)13-10-12-5-4-9(11)14-10/h4-5,7-8H,2-3,6H2,1H3,(H3,11,12,13,14). The van der Waals surface area contributed by atoms with Crippen LogP contribution in [0.1, 0.15) is 19.8 Å². The largest absolute Gasteiger partial charge is 0.384 e. The molecule has 0 saturated carbocycles. The molecule has 5 heteroatoms. The Morgan fingerprint density at radius 1 is 1.67 bits per heavy atom. The molecule has 15 heavy (non-hydrogen) atoms. The van der Waals surface area contributed by atoms with E-state index < -0.39 is 0 Å². The average molecular weight is 208 g/mol. The maximum atomic E-state index is 5.57. The summed E-state index contributed by atoms with van der Waals surface area (Å²) in [6.07, 6.45) is 4.13. The SMILES string of the molecule is CC(Nc1nccc(N)n1)C1CCCO1. The molecule has 82 valence electrons. The topological polar surface area (TPSA) is 73.1 Å². The van der Waals surface area contributed by atoms with Crippen LogP contribution in [0.3, 0.4) is 0 Å². The first-order valence-corrected chi connectivity index (χ1v) is 5.22. The van der Waals surface area contributed by atoms with E-state index in [1.165, 1.54) is 0 Å². The summed E-state index contributed by atoms with van der Waals surface area (Å²) in [5, 5.41) is 3.20. The lowest BCUT2D eigenvalue weighted by molar-refractivity contribution is 0.0994. The summed E-state index contributed by atoms with van der Waals surface area (Å²) in [4.78, 5) is 8.18. The van der Waals surface area contributed by atoms with Crippen molar-refractivity contribution in [3.63, 3.8) is 0 Å². The summed E-state index contributed by atoms with van der Waals surface area (Å²) in [6, 6.07) is 1.89. The van der Waals surface area contributed by atoms with E-state index in [0.717, 1.165) is 19.4 Å². The zero-order valence-corrected chi connectivity index (χ0v) is 8.81. The molecule has 5 nitrogen and oxygen atoms in total. The molecule has 1 aliphatic heterocycles. The summed E-state index contributed by atoms with van der Waals surface area (Å²) in [7, 11) is 0. The molecular formula is C10H16N4O. The molecule has 2 atom stereocenters. The Morgan fingerprint density at radius 3 is 3.20 bits per heavy atom. The molecule has 1 saturated heterocycles. The molecule has 1 aliphatic rings. The molecule has 0 bridgehead atoms. The maximum Gasteiger partial charge on any atom is 0.224 e. The number of nitrogen functional groups attached to an aromatic ring is 1. The van der Waals surface area contributed by atoms with Crippen molar-refractivity contribution in [1.82, 2.24) is 9.97 Å². The highest BCUT2D eigenvalue weighted by Gasteiger charge is 2.22. The van der Waals surface area contributed by atoms with Gasteiger partial charge in [-0.2, -0.15) is 4.98 Å². The third kappa shape index (κ3) is 2.56. The Balaban J connectivity index is 1.95. The molecule has 2 heterocycles. The van der Waals surface area contributed by atoms with Crippen molar-refractivity contribution < 1.29 is 4.74 Å². The van der Waals surface area contributed by atoms with Gasteiger partial charge in [0.05, 0.1) is 12.1 Å². The van der Waals surface area contributed by atoms with Crippen molar-refractivity contribution in [3.05, 3.63) is 12.3 Å². The highest BCUT2D eigenvalue weighted by atomic mass is 16.5. The minimum absolute atomic E-state index is 0.217. The highest BCUT2D eigenvalue weighted by Crippen LogP contribution is 2.17. The van der Waals surface area contributed by atoms with Crippen molar-refractivity contribution in [2.24, 2.45) is 0 Å². The van der Waals surface area contributed by atoms with Gasteiger partial charge in [-0.15, -0.1) is 0 Å². The predicted molar refractivity (Wildman–Crippen MR) is 58.5 cm³/mol. The first kappa shape index (κ1) is 10.2. The van der Waals surface area contributed by atoms with Crippen molar-refractivity contribution >= 4 is 11.8 Å². The van der Waals surface area contributed by atoms with Crippen molar-refractivity contribution in [2.45, 2.75) is 31.9 Å². The molecule has 1 fully saturated rings. The molecule has 0 aliphatic carbocycles. The quantitative estimate of drug-likeness (QED) is 0.776. The third-order valence-electron chi connectivity index (χ3n) is 2.56. The lowest BCUT2D eigenvalue weighted by atomic mass is 10.1. The molecule has 0 amide bonds. The number of hydrogen-bond acceptors (Lipinski definition) is 5. The number of ether oxygens (including phenoxy) is 1. The van der Waals surface area contributed by atoms with E-state index in [1.807, 2.05) is 0 Å². The third-order valence-corrected chi connectivity index (χ3v) is 2.56. The van der Waals surface area contributed by atoms with Gasteiger partial charge in [-0.05, 0) is 25.8 Å². The number of aromatic nitrogens is 2. The van der Waals surface area contributed by atoms with Gasteiger partial charge in [0.25, 0.3) is 0 Å². The van der Waals surface area contributed by atoms with Gasteiger partial charge < -0.3 is 15.8 Å². The zero-order valence-electron chi connectivity index (χ0n) is 8.81. The Hall–Kier alpha value is -1.36. The Morgan fingerprint density at radius 2 is 2.53 bits per heavy atom. The van der Waals surface area contributed by atoms with Crippen LogP contribution in [0.4, 0.5) is 11.8 Å². The molecule has 0 radical (unpaired) electrons. The van der Waals surface area contributed by atoms with Gasteiger partial charge >= 0.3 is 0 Å². The highest BCUT2D eigenvalue weighted by molar-refractivity contribution is 5.35. The fraction of sp³-hybridized carbons (Fsp3) is 0.600. The molecule has 2 unspecified atom stereocenters. The Labute approximate surface area is 89.1 Å². The number of nitrogens with two attached hydrogens (primary N) is 1. The van der Waals surface area contributed by atoms with Crippen LogP contribution in [0, 0.1) is 0 Å². The second-order valence-corrected chi connectivity index (χ2v) is 3.79. The second-order valence-electron chi connectivity index (χ2n) is 3.79.